The highest BCUT2D eigenvalue weighted by Gasteiger charge is 2.30. The van der Waals surface area contributed by atoms with Gasteiger partial charge in [0.05, 0.1) is 19.6 Å². The quantitative estimate of drug-likeness (QED) is 0.124. The number of carbonyl (C=O) groups excluding carboxylic acids is 5. The second-order valence-corrected chi connectivity index (χ2v) is 6.87. The Morgan fingerprint density at radius 1 is 0.933 bits per heavy atom. The predicted octanol–water partition coefficient (Wildman–Crippen LogP) is -4.82. The number of primary amides is 1. The van der Waals surface area contributed by atoms with Gasteiger partial charge < -0.3 is 42.9 Å². The molecule has 0 spiro atoms. The number of nitrogens with one attached hydrogen (secondary N) is 4. The van der Waals surface area contributed by atoms with Crippen molar-refractivity contribution in [1.29, 1.82) is 0 Å². The molecule has 0 heterocycles. The first-order valence-corrected chi connectivity index (χ1v) is 9.80. The van der Waals surface area contributed by atoms with E-state index in [1.807, 2.05) is 0 Å². The van der Waals surface area contributed by atoms with Crippen LogP contribution in [-0.2, 0) is 28.8 Å². The summed E-state index contributed by atoms with van der Waals surface area (Å²) >= 11 is 0.804. The molecule has 0 bridgehead atoms. The zero-order chi connectivity index (χ0) is 23.4. The van der Waals surface area contributed by atoms with Crippen LogP contribution in [0, 0.1) is 0 Å². The molecule has 4 atom stereocenters. The summed E-state index contributed by atoms with van der Waals surface area (Å²) in [6, 6.07) is -4.10. The molecule has 5 amide bonds. The van der Waals surface area contributed by atoms with E-state index in [1.165, 1.54) is 13.2 Å². The number of carboxylic acid groups (broad SMARTS) is 1. The first-order chi connectivity index (χ1) is 14.0. The van der Waals surface area contributed by atoms with Crippen molar-refractivity contribution in [2.75, 3.05) is 19.4 Å². The third-order valence-electron chi connectivity index (χ3n) is 3.54. The fraction of sp³-hybridized carbons (Fsp3) is 0.600. The largest absolute Gasteiger partial charge is 0.479 e. The van der Waals surface area contributed by atoms with E-state index in [9.17, 15) is 33.9 Å². The Hall–Kier alpha value is -2.91. The fourth-order valence-corrected chi connectivity index (χ4v) is 2.42. The average Bonchev–Trinajstić information content (AvgIpc) is 2.68. The molecule has 15 heteroatoms. The molecule has 0 fully saturated rings. The number of aliphatic hydroxyl groups excluding tert-OH is 1. The molecule has 0 radical (unpaired) electrons. The number of nitrogens with two attached hydrogens (primary N) is 2. The molecule has 0 saturated heterocycles. The van der Waals surface area contributed by atoms with Crippen molar-refractivity contribution in [2.45, 2.75) is 36.8 Å². The molecule has 10 N–H and O–H groups in total. The van der Waals surface area contributed by atoms with Crippen molar-refractivity contribution in [3.63, 3.8) is 0 Å². The maximum Gasteiger partial charge on any atom is 0.336 e. The Kier molecular flexibility index (Phi) is 12.0. The molecule has 0 aromatic heterocycles. The van der Waals surface area contributed by atoms with E-state index >= 15 is 0 Å². The number of carbonyl (C=O) groups is 6. The number of carboxylic acids is 1. The van der Waals surface area contributed by atoms with E-state index in [0.29, 0.717) is 0 Å². The highest BCUT2D eigenvalue weighted by molar-refractivity contribution is 7.99. The molecule has 0 aliphatic rings. The van der Waals surface area contributed by atoms with Crippen molar-refractivity contribution >= 4 is 47.3 Å². The summed E-state index contributed by atoms with van der Waals surface area (Å²) in [6.45, 7) is 0.0641. The van der Waals surface area contributed by atoms with E-state index in [4.69, 9.17) is 16.6 Å². The lowest BCUT2D eigenvalue weighted by atomic mass is 10.1. The predicted molar refractivity (Wildman–Crippen MR) is 104 cm³/mol. The first kappa shape index (κ1) is 27.1. The summed E-state index contributed by atoms with van der Waals surface area (Å²) in [5, 5.41) is 25.5. The molecule has 0 saturated carbocycles. The van der Waals surface area contributed by atoms with Gasteiger partial charge >= 0.3 is 5.97 Å². The minimum Gasteiger partial charge on any atom is -0.479 e. The van der Waals surface area contributed by atoms with Gasteiger partial charge in [-0.2, -0.15) is 0 Å². The molecular weight excluding hydrogens is 424 g/mol. The molecular formula is C15H26N6O8S. The van der Waals surface area contributed by atoms with Crippen molar-refractivity contribution in [3.05, 3.63) is 0 Å². The molecule has 170 valence electrons. The summed E-state index contributed by atoms with van der Waals surface area (Å²) in [4.78, 5) is 70.1. The van der Waals surface area contributed by atoms with Gasteiger partial charge in [-0.25, -0.2) is 4.79 Å². The van der Waals surface area contributed by atoms with E-state index in [-0.39, 0.29) is 0 Å². The smallest absolute Gasteiger partial charge is 0.336 e. The standard InChI is InChI=1S/C15H26N6O8S/c1-6(18-13(27)8(5-22)19-10(24)4-16)11(25)20-7(3-9(17)23)12(26)21-14(30-2)15(28)29/h6-8,14,22H,3-5,16H2,1-2H3,(H2,17,23)(H,18,27)(H,19,24)(H,20,25)(H,21,26)(H,28,29)/t6-,7-,8-,14?/m0/s1. The Bertz CT molecular complexity index is 676. The number of aliphatic hydroxyl groups is 1. The number of amides is 5. The third kappa shape index (κ3) is 9.53. The van der Waals surface area contributed by atoms with Crippen LogP contribution in [0.3, 0.4) is 0 Å². The molecule has 14 nitrogen and oxygen atoms in total. The minimum absolute atomic E-state index is 0.420. The second kappa shape index (κ2) is 13.3. The maximum absolute atomic E-state index is 12.3. The second-order valence-electron chi connectivity index (χ2n) is 5.93. The highest BCUT2D eigenvalue weighted by Crippen LogP contribution is 2.04. The lowest BCUT2D eigenvalue weighted by Gasteiger charge is -2.23. The number of rotatable bonds is 13. The normalized spacial score (nSPS) is 14.4. The Labute approximate surface area is 175 Å². The van der Waals surface area contributed by atoms with Crippen LogP contribution >= 0.6 is 11.8 Å². The number of hydrogen-bond acceptors (Lipinski definition) is 9. The molecule has 0 aliphatic carbocycles. The molecule has 0 rings (SSSR count). The Morgan fingerprint density at radius 3 is 1.93 bits per heavy atom. The topological polar surface area (TPSA) is 243 Å². The molecule has 0 aromatic carbocycles. The van der Waals surface area contributed by atoms with E-state index < -0.39 is 78.6 Å². The van der Waals surface area contributed by atoms with E-state index in [1.54, 1.807) is 0 Å². The van der Waals surface area contributed by atoms with E-state index in [2.05, 4.69) is 21.3 Å². The summed E-state index contributed by atoms with van der Waals surface area (Å²) in [5.74, 6) is -5.75. The van der Waals surface area contributed by atoms with Gasteiger partial charge in [-0.15, -0.1) is 11.8 Å². The van der Waals surface area contributed by atoms with Gasteiger partial charge in [0.15, 0.2) is 5.37 Å². The monoisotopic (exact) mass is 450 g/mol. The van der Waals surface area contributed by atoms with Gasteiger partial charge in [-0.05, 0) is 13.2 Å². The molecule has 1 unspecified atom stereocenters. The van der Waals surface area contributed by atoms with Crippen molar-refractivity contribution in [3.8, 4) is 0 Å². The van der Waals surface area contributed by atoms with Crippen molar-refractivity contribution in [2.24, 2.45) is 11.5 Å². The van der Waals surface area contributed by atoms with Crippen LogP contribution in [0.25, 0.3) is 0 Å². The number of thioether (sulfide) groups is 1. The van der Waals surface area contributed by atoms with Gasteiger partial charge in [0.2, 0.25) is 29.5 Å². The Balaban J connectivity index is 5.10. The van der Waals surface area contributed by atoms with Crippen LogP contribution in [0.1, 0.15) is 13.3 Å². The van der Waals surface area contributed by atoms with Crippen molar-refractivity contribution in [1.82, 2.24) is 21.3 Å². The van der Waals surface area contributed by atoms with Gasteiger partial charge in [-0.1, -0.05) is 0 Å². The van der Waals surface area contributed by atoms with Crippen LogP contribution in [0.4, 0.5) is 0 Å². The van der Waals surface area contributed by atoms with Gasteiger partial charge in [0, 0.05) is 0 Å². The van der Waals surface area contributed by atoms with Crippen LogP contribution in [0.2, 0.25) is 0 Å². The summed E-state index contributed by atoms with van der Waals surface area (Å²) in [7, 11) is 0. The van der Waals surface area contributed by atoms with Crippen LogP contribution in [0.5, 0.6) is 0 Å². The minimum atomic E-state index is -1.49. The highest BCUT2D eigenvalue weighted by atomic mass is 32.2. The van der Waals surface area contributed by atoms with Crippen molar-refractivity contribution < 1.29 is 39.0 Å². The van der Waals surface area contributed by atoms with E-state index in [0.717, 1.165) is 11.8 Å². The zero-order valence-electron chi connectivity index (χ0n) is 16.3. The van der Waals surface area contributed by atoms with Gasteiger partial charge in [-0.3, -0.25) is 24.0 Å². The number of aliphatic carboxylic acids is 1. The summed E-state index contributed by atoms with van der Waals surface area (Å²) in [6.07, 6.45) is 0.810. The maximum atomic E-state index is 12.3. The third-order valence-corrected chi connectivity index (χ3v) is 4.33. The van der Waals surface area contributed by atoms with Crippen LogP contribution in [-0.4, -0.2) is 88.6 Å². The van der Waals surface area contributed by atoms with Gasteiger partial charge in [0.25, 0.3) is 0 Å². The Morgan fingerprint density at radius 2 is 1.50 bits per heavy atom. The van der Waals surface area contributed by atoms with Gasteiger partial charge in [0.1, 0.15) is 18.1 Å². The fourth-order valence-electron chi connectivity index (χ4n) is 1.99. The lowest BCUT2D eigenvalue weighted by molar-refractivity contribution is -0.140. The summed E-state index contributed by atoms with van der Waals surface area (Å²) < 4.78 is 0. The first-order valence-electron chi connectivity index (χ1n) is 8.52. The number of hydrogen-bond donors (Lipinski definition) is 8. The van der Waals surface area contributed by atoms with Crippen LogP contribution in [0.15, 0.2) is 0 Å². The summed E-state index contributed by atoms with van der Waals surface area (Å²) in [5.41, 5.74) is 10.2. The SMILES string of the molecule is CSC(NC(=O)[C@H](CC(N)=O)NC(=O)[C@H](C)NC(=O)[C@H](CO)NC(=O)CN)C(=O)O. The lowest BCUT2D eigenvalue weighted by Crippen LogP contribution is -2.58. The van der Waals surface area contributed by atoms with Crippen LogP contribution < -0.4 is 32.7 Å². The molecule has 0 aromatic rings. The zero-order valence-corrected chi connectivity index (χ0v) is 17.2. The molecule has 0 aliphatic heterocycles. The molecule has 30 heavy (non-hydrogen) atoms. The average molecular weight is 450 g/mol.